The third-order valence-electron chi connectivity index (χ3n) is 5.28. The summed E-state index contributed by atoms with van der Waals surface area (Å²) in [6, 6.07) is 15.2. The second-order valence-electron chi connectivity index (χ2n) is 7.81. The quantitative estimate of drug-likeness (QED) is 0.443. The van der Waals surface area contributed by atoms with Crippen LogP contribution in [0.3, 0.4) is 0 Å². The van der Waals surface area contributed by atoms with E-state index in [0.717, 1.165) is 24.1 Å². The zero-order chi connectivity index (χ0) is 25.8. The van der Waals surface area contributed by atoms with Gasteiger partial charge in [0.1, 0.15) is 17.2 Å². The number of rotatable bonds is 8. The summed E-state index contributed by atoms with van der Waals surface area (Å²) in [7, 11) is -3.22. The fraction of sp³-hybridized carbons (Fsp3) is 0.240. The van der Waals surface area contributed by atoms with Crippen LogP contribution in [-0.2, 0) is 27.4 Å². The highest BCUT2D eigenvalue weighted by molar-refractivity contribution is 7.93. The van der Waals surface area contributed by atoms with Crippen LogP contribution in [0.15, 0.2) is 71.6 Å². The fourth-order valence-corrected chi connectivity index (χ4v) is 5.07. The molecule has 3 aromatic carbocycles. The van der Waals surface area contributed by atoms with E-state index in [-0.39, 0.29) is 16.3 Å². The van der Waals surface area contributed by atoms with Crippen molar-refractivity contribution in [2.24, 2.45) is 0 Å². The van der Waals surface area contributed by atoms with Gasteiger partial charge in [0.15, 0.2) is 0 Å². The molecule has 6 nitrogen and oxygen atoms in total. The molecule has 0 aliphatic carbocycles. The SMILES string of the molecule is CCc1ccc(NC(=O)CN(c2cccc(C(F)(F)F)c2)S(=O)(=O)c2cc(C)ccc2OC)cc1. The van der Waals surface area contributed by atoms with Gasteiger partial charge in [-0.15, -0.1) is 0 Å². The highest BCUT2D eigenvalue weighted by atomic mass is 32.2. The zero-order valence-electron chi connectivity index (χ0n) is 19.4. The maximum absolute atomic E-state index is 13.7. The van der Waals surface area contributed by atoms with E-state index in [0.29, 0.717) is 21.6 Å². The summed E-state index contributed by atoms with van der Waals surface area (Å²) in [5.41, 5.74) is 0.722. The second-order valence-corrected chi connectivity index (χ2v) is 9.64. The molecule has 0 aliphatic rings. The molecular formula is C25H25F3N2O4S. The van der Waals surface area contributed by atoms with Crippen LogP contribution in [0.5, 0.6) is 5.75 Å². The number of benzene rings is 3. The molecule has 0 aromatic heterocycles. The average molecular weight is 507 g/mol. The van der Waals surface area contributed by atoms with Crippen molar-refractivity contribution in [3.8, 4) is 5.75 Å². The zero-order valence-corrected chi connectivity index (χ0v) is 20.2. The van der Waals surface area contributed by atoms with E-state index in [9.17, 15) is 26.4 Å². The van der Waals surface area contributed by atoms with Crippen molar-refractivity contribution in [3.63, 3.8) is 0 Å². The monoisotopic (exact) mass is 506 g/mol. The largest absolute Gasteiger partial charge is 0.495 e. The van der Waals surface area contributed by atoms with Crippen molar-refractivity contribution in [2.75, 3.05) is 23.3 Å². The number of carbonyl (C=O) groups is 1. The Morgan fingerprint density at radius 2 is 1.71 bits per heavy atom. The average Bonchev–Trinajstić information content (AvgIpc) is 2.82. The first kappa shape index (κ1) is 26.1. The predicted molar refractivity (Wildman–Crippen MR) is 128 cm³/mol. The van der Waals surface area contributed by atoms with Crippen LogP contribution < -0.4 is 14.4 Å². The first-order chi connectivity index (χ1) is 16.5. The molecule has 35 heavy (non-hydrogen) atoms. The molecule has 0 spiro atoms. The molecule has 10 heteroatoms. The van der Waals surface area contributed by atoms with Gasteiger partial charge >= 0.3 is 6.18 Å². The number of amides is 1. The Morgan fingerprint density at radius 1 is 1.03 bits per heavy atom. The molecule has 0 aliphatic heterocycles. The lowest BCUT2D eigenvalue weighted by Gasteiger charge is -2.26. The topological polar surface area (TPSA) is 75.7 Å². The van der Waals surface area contributed by atoms with Crippen molar-refractivity contribution in [2.45, 2.75) is 31.3 Å². The summed E-state index contributed by atoms with van der Waals surface area (Å²) < 4.78 is 73.3. The van der Waals surface area contributed by atoms with E-state index in [1.54, 1.807) is 25.1 Å². The summed E-state index contributed by atoms with van der Waals surface area (Å²) in [6.45, 7) is 2.89. The fourth-order valence-electron chi connectivity index (χ4n) is 3.41. The first-order valence-electron chi connectivity index (χ1n) is 10.7. The van der Waals surface area contributed by atoms with Gasteiger partial charge < -0.3 is 10.1 Å². The molecule has 0 radical (unpaired) electrons. The van der Waals surface area contributed by atoms with Gasteiger partial charge in [0, 0.05) is 5.69 Å². The molecule has 3 rings (SSSR count). The molecule has 186 valence electrons. The molecule has 0 fully saturated rings. The molecule has 0 heterocycles. The maximum atomic E-state index is 13.7. The van der Waals surface area contributed by atoms with Crippen molar-refractivity contribution in [3.05, 3.63) is 83.4 Å². The van der Waals surface area contributed by atoms with Gasteiger partial charge in [-0.1, -0.05) is 31.2 Å². The third-order valence-corrected chi connectivity index (χ3v) is 7.08. The standard InChI is InChI=1S/C25H25F3N2O4S/c1-4-18-9-11-20(12-10-18)29-24(31)16-30(21-7-5-6-19(15-21)25(26,27)28)35(32,33)23-14-17(2)8-13-22(23)34-3/h5-15H,4,16H2,1-3H3,(H,29,31). The minimum atomic E-state index is -4.70. The van der Waals surface area contributed by atoms with Gasteiger partial charge in [0.2, 0.25) is 5.91 Å². The van der Waals surface area contributed by atoms with E-state index in [4.69, 9.17) is 4.74 Å². The van der Waals surface area contributed by atoms with Crippen LogP contribution in [0.25, 0.3) is 0 Å². The number of ether oxygens (including phenoxy) is 1. The molecule has 0 unspecified atom stereocenters. The van der Waals surface area contributed by atoms with Crippen molar-refractivity contribution in [1.82, 2.24) is 0 Å². The number of nitrogens with one attached hydrogen (secondary N) is 1. The lowest BCUT2D eigenvalue weighted by molar-refractivity contribution is -0.137. The lowest BCUT2D eigenvalue weighted by atomic mass is 10.1. The number of alkyl halides is 3. The van der Waals surface area contributed by atoms with Crippen molar-refractivity contribution in [1.29, 1.82) is 0 Å². The summed E-state index contributed by atoms with van der Waals surface area (Å²) >= 11 is 0. The van der Waals surface area contributed by atoms with Crippen LogP contribution in [0.4, 0.5) is 24.5 Å². The number of methoxy groups -OCH3 is 1. The normalized spacial score (nSPS) is 11.7. The highest BCUT2D eigenvalue weighted by Gasteiger charge is 2.34. The Balaban J connectivity index is 2.05. The summed E-state index contributed by atoms with van der Waals surface area (Å²) in [5, 5.41) is 2.60. The maximum Gasteiger partial charge on any atom is 0.416 e. The van der Waals surface area contributed by atoms with E-state index in [2.05, 4.69) is 5.32 Å². The van der Waals surface area contributed by atoms with Gasteiger partial charge in [-0.25, -0.2) is 8.42 Å². The van der Waals surface area contributed by atoms with E-state index in [1.165, 1.54) is 25.3 Å². The highest BCUT2D eigenvalue weighted by Crippen LogP contribution is 2.35. The van der Waals surface area contributed by atoms with Gasteiger partial charge in [0.05, 0.1) is 18.4 Å². The van der Waals surface area contributed by atoms with Crippen LogP contribution in [0, 0.1) is 6.92 Å². The Morgan fingerprint density at radius 3 is 2.31 bits per heavy atom. The van der Waals surface area contributed by atoms with Crippen LogP contribution in [0.2, 0.25) is 0 Å². The van der Waals surface area contributed by atoms with Gasteiger partial charge in [0.25, 0.3) is 10.0 Å². The van der Waals surface area contributed by atoms with Crippen LogP contribution >= 0.6 is 0 Å². The number of carbonyl (C=O) groups excluding carboxylic acids is 1. The number of sulfonamides is 1. The van der Waals surface area contributed by atoms with E-state index >= 15 is 0 Å². The molecular weight excluding hydrogens is 481 g/mol. The molecule has 0 bridgehead atoms. The van der Waals surface area contributed by atoms with E-state index in [1.807, 2.05) is 19.1 Å². The number of nitrogens with zero attached hydrogens (tertiary/aromatic N) is 1. The Kier molecular flexibility index (Phi) is 7.74. The van der Waals surface area contributed by atoms with Crippen molar-refractivity contribution < 1.29 is 31.1 Å². The van der Waals surface area contributed by atoms with Gasteiger partial charge in [-0.05, 0) is 66.9 Å². The Bertz CT molecular complexity index is 1310. The minimum absolute atomic E-state index is 0.00291. The van der Waals surface area contributed by atoms with Crippen LogP contribution in [-0.4, -0.2) is 28.0 Å². The molecule has 1 N–H and O–H groups in total. The summed E-state index contributed by atoms with van der Waals surface area (Å²) in [4.78, 5) is 12.6. The Hall–Kier alpha value is -3.53. The second kappa shape index (κ2) is 10.4. The summed E-state index contributed by atoms with van der Waals surface area (Å²) in [6.07, 6.45) is -3.90. The number of hydrogen-bond acceptors (Lipinski definition) is 4. The molecule has 0 atom stereocenters. The smallest absolute Gasteiger partial charge is 0.416 e. The summed E-state index contributed by atoms with van der Waals surface area (Å²) in [5.74, 6) is -0.718. The van der Waals surface area contributed by atoms with Crippen molar-refractivity contribution >= 4 is 27.3 Å². The number of anilines is 2. The Labute approximate surface area is 202 Å². The minimum Gasteiger partial charge on any atom is -0.495 e. The number of halogens is 3. The first-order valence-corrected chi connectivity index (χ1v) is 12.1. The predicted octanol–water partition coefficient (Wildman–Crippen LogP) is 5.42. The molecule has 3 aromatic rings. The molecule has 0 saturated carbocycles. The molecule has 1 amide bonds. The third kappa shape index (κ3) is 6.13. The number of hydrogen-bond donors (Lipinski definition) is 1. The van der Waals surface area contributed by atoms with Gasteiger partial charge in [-0.3, -0.25) is 9.10 Å². The van der Waals surface area contributed by atoms with E-state index < -0.39 is 34.2 Å². The van der Waals surface area contributed by atoms with Gasteiger partial charge in [-0.2, -0.15) is 13.2 Å². The number of aryl methyl sites for hydroxylation is 2. The van der Waals surface area contributed by atoms with Crippen LogP contribution in [0.1, 0.15) is 23.6 Å². The molecule has 0 saturated heterocycles. The lowest BCUT2D eigenvalue weighted by Crippen LogP contribution is -2.38.